The summed E-state index contributed by atoms with van der Waals surface area (Å²) in [4.78, 5) is 22.0. The normalized spacial score (nSPS) is 20.1. The molecule has 1 aromatic rings. The molecule has 2 rings (SSSR count). The first-order valence-corrected chi connectivity index (χ1v) is 5.78. The van der Waals surface area contributed by atoms with Crippen molar-refractivity contribution in [1.82, 2.24) is 14.9 Å². The average Bonchev–Trinajstić information content (AvgIpc) is 2.77. The molecule has 0 bridgehead atoms. The van der Waals surface area contributed by atoms with Gasteiger partial charge in [0.05, 0.1) is 0 Å². The SMILES string of the molecule is CCC(=O)N1CCC(c2ccnc(C)n2)C1. The molecule has 1 amide bonds. The van der Waals surface area contributed by atoms with Crippen LogP contribution in [-0.4, -0.2) is 33.9 Å². The van der Waals surface area contributed by atoms with E-state index in [1.165, 1.54) is 0 Å². The van der Waals surface area contributed by atoms with Gasteiger partial charge in [0.25, 0.3) is 0 Å². The van der Waals surface area contributed by atoms with Crippen LogP contribution in [0.1, 0.15) is 37.2 Å². The average molecular weight is 219 g/mol. The number of aromatic nitrogens is 2. The van der Waals surface area contributed by atoms with E-state index in [-0.39, 0.29) is 5.91 Å². The van der Waals surface area contributed by atoms with E-state index >= 15 is 0 Å². The number of rotatable bonds is 2. The van der Waals surface area contributed by atoms with Crippen molar-refractivity contribution >= 4 is 5.91 Å². The molecule has 0 N–H and O–H groups in total. The Morgan fingerprint density at radius 2 is 2.44 bits per heavy atom. The molecule has 2 heterocycles. The molecule has 1 aliphatic rings. The Morgan fingerprint density at radius 3 is 3.12 bits per heavy atom. The van der Waals surface area contributed by atoms with Gasteiger partial charge in [-0.1, -0.05) is 6.92 Å². The number of amides is 1. The number of aryl methyl sites for hydroxylation is 1. The Morgan fingerprint density at radius 1 is 1.62 bits per heavy atom. The van der Waals surface area contributed by atoms with Crippen LogP contribution in [0.4, 0.5) is 0 Å². The first-order valence-electron chi connectivity index (χ1n) is 5.78. The lowest BCUT2D eigenvalue weighted by Crippen LogP contribution is -2.27. The van der Waals surface area contributed by atoms with E-state index in [1.54, 1.807) is 6.20 Å². The predicted molar refractivity (Wildman–Crippen MR) is 61.0 cm³/mol. The number of carbonyl (C=O) groups excluding carboxylic acids is 1. The summed E-state index contributed by atoms with van der Waals surface area (Å²) in [5.74, 6) is 1.43. The highest BCUT2D eigenvalue weighted by atomic mass is 16.2. The summed E-state index contributed by atoms with van der Waals surface area (Å²) in [5, 5.41) is 0. The molecule has 1 aliphatic heterocycles. The van der Waals surface area contributed by atoms with E-state index in [9.17, 15) is 4.79 Å². The third-order valence-electron chi connectivity index (χ3n) is 3.06. The number of likely N-dealkylation sites (tertiary alicyclic amines) is 1. The van der Waals surface area contributed by atoms with Gasteiger partial charge in [-0.05, 0) is 19.4 Å². The molecule has 0 spiro atoms. The van der Waals surface area contributed by atoms with Gasteiger partial charge in [0, 0.05) is 37.3 Å². The zero-order valence-electron chi connectivity index (χ0n) is 9.81. The van der Waals surface area contributed by atoms with Crippen LogP contribution in [-0.2, 0) is 4.79 Å². The summed E-state index contributed by atoms with van der Waals surface area (Å²) in [6, 6.07) is 1.96. The Bertz CT molecular complexity index is 392. The monoisotopic (exact) mass is 219 g/mol. The second-order valence-electron chi connectivity index (χ2n) is 4.21. The highest BCUT2D eigenvalue weighted by molar-refractivity contribution is 5.76. The van der Waals surface area contributed by atoms with Crippen LogP contribution in [0.15, 0.2) is 12.3 Å². The van der Waals surface area contributed by atoms with E-state index in [4.69, 9.17) is 0 Å². The summed E-state index contributed by atoms with van der Waals surface area (Å²) in [6.07, 6.45) is 3.40. The van der Waals surface area contributed by atoms with E-state index in [0.717, 1.165) is 31.0 Å². The van der Waals surface area contributed by atoms with Crippen LogP contribution in [0.25, 0.3) is 0 Å². The lowest BCUT2D eigenvalue weighted by molar-refractivity contribution is -0.129. The summed E-state index contributed by atoms with van der Waals surface area (Å²) in [5.41, 5.74) is 1.07. The standard InChI is InChI=1S/C12H17N3O/c1-3-12(16)15-7-5-10(8-15)11-4-6-13-9(2)14-11/h4,6,10H,3,5,7-8H2,1-2H3. The highest BCUT2D eigenvalue weighted by Crippen LogP contribution is 2.25. The molecule has 0 saturated carbocycles. The van der Waals surface area contributed by atoms with Crippen LogP contribution in [0.2, 0.25) is 0 Å². The van der Waals surface area contributed by atoms with Gasteiger partial charge < -0.3 is 4.90 Å². The first-order chi connectivity index (χ1) is 7.70. The van der Waals surface area contributed by atoms with E-state index in [0.29, 0.717) is 12.3 Å². The molecule has 16 heavy (non-hydrogen) atoms. The lowest BCUT2D eigenvalue weighted by atomic mass is 10.1. The molecule has 1 atom stereocenters. The molecule has 1 saturated heterocycles. The Hall–Kier alpha value is -1.45. The third kappa shape index (κ3) is 2.21. The summed E-state index contributed by atoms with van der Waals surface area (Å²) in [6.45, 7) is 5.47. The van der Waals surface area contributed by atoms with Crippen molar-refractivity contribution in [3.05, 3.63) is 23.8 Å². The molecule has 1 aromatic heterocycles. The van der Waals surface area contributed by atoms with Crippen LogP contribution in [0, 0.1) is 6.92 Å². The second-order valence-corrected chi connectivity index (χ2v) is 4.21. The van der Waals surface area contributed by atoms with Gasteiger partial charge in [0.15, 0.2) is 0 Å². The van der Waals surface area contributed by atoms with Crippen LogP contribution in [0.3, 0.4) is 0 Å². The molecule has 1 fully saturated rings. The van der Waals surface area contributed by atoms with Crippen LogP contribution < -0.4 is 0 Å². The molecule has 0 aromatic carbocycles. The minimum absolute atomic E-state index is 0.244. The maximum Gasteiger partial charge on any atom is 0.222 e. The molecule has 1 unspecified atom stereocenters. The number of carbonyl (C=O) groups is 1. The summed E-state index contributed by atoms with van der Waals surface area (Å²) >= 11 is 0. The van der Waals surface area contributed by atoms with Crippen molar-refractivity contribution in [1.29, 1.82) is 0 Å². The minimum Gasteiger partial charge on any atom is -0.342 e. The predicted octanol–water partition coefficient (Wildman–Crippen LogP) is 1.51. The van der Waals surface area contributed by atoms with Gasteiger partial charge in [-0.15, -0.1) is 0 Å². The summed E-state index contributed by atoms with van der Waals surface area (Å²) < 4.78 is 0. The molecule has 0 aliphatic carbocycles. The highest BCUT2D eigenvalue weighted by Gasteiger charge is 2.27. The maximum atomic E-state index is 11.6. The zero-order chi connectivity index (χ0) is 11.5. The summed E-state index contributed by atoms with van der Waals surface area (Å²) in [7, 11) is 0. The van der Waals surface area contributed by atoms with Gasteiger partial charge in [-0.25, -0.2) is 9.97 Å². The quantitative estimate of drug-likeness (QED) is 0.757. The molecule has 0 radical (unpaired) electrons. The van der Waals surface area contributed by atoms with Crippen molar-refractivity contribution in [3.8, 4) is 0 Å². The maximum absolute atomic E-state index is 11.6. The Balaban J connectivity index is 2.06. The molecule has 4 heteroatoms. The largest absolute Gasteiger partial charge is 0.342 e. The van der Waals surface area contributed by atoms with Crippen molar-refractivity contribution in [2.24, 2.45) is 0 Å². The number of hydrogen-bond donors (Lipinski definition) is 0. The minimum atomic E-state index is 0.244. The molecular formula is C12H17N3O. The van der Waals surface area contributed by atoms with Gasteiger partial charge >= 0.3 is 0 Å². The molecular weight excluding hydrogens is 202 g/mol. The lowest BCUT2D eigenvalue weighted by Gasteiger charge is -2.15. The molecule has 86 valence electrons. The van der Waals surface area contributed by atoms with Crippen LogP contribution in [0.5, 0.6) is 0 Å². The van der Waals surface area contributed by atoms with Crippen molar-refractivity contribution < 1.29 is 4.79 Å². The van der Waals surface area contributed by atoms with Crippen LogP contribution >= 0.6 is 0 Å². The van der Waals surface area contributed by atoms with Gasteiger partial charge in [0.2, 0.25) is 5.91 Å². The topological polar surface area (TPSA) is 46.1 Å². The fraction of sp³-hybridized carbons (Fsp3) is 0.583. The van der Waals surface area contributed by atoms with Gasteiger partial charge in [-0.3, -0.25) is 4.79 Å². The van der Waals surface area contributed by atoms with E-state index in [2.05, 4.69) is 9.97 Å². The zero-order valence-corrected chi connectivity index (χ0v) is 9.81. The fourth-order valence-electron chi connectivity index (χ4n) is 2.15. The van der Waals surface area contributed by atoms with Crippen molar-refractivity contribution in [3.63, 3.8) is 0 Å². The van der Waals surface area contributed by atoms with Gasteiger partial charge in [-0.2, -0.15) is 0 Å². The first kappa shape index (κ1) is 11.0. The van der Waals surface area contributed by atoms with E-state index in [1.807, 2.05) is 24.8 Å². The van der Waals surface area contributed by atoms with Gasteiger partial charge in [0.1, 0.15) is 5.82 Å². The second kappa shape index (κ2) is 4.60. The Labute approximate surface area is 95.7 Å². The van der Waals surface area contributed by atoms with Crippen molar-refractivity contribution in [2.75, 3.05) is 13.1 Å². The number of nitrogens with zero attached hydrogens (tertiary/aromatic N) is 3. The molecule has 4 nitrogen and oxygen atoms in total. The van der Waals surface area contributed by atoms with E-state index < -0.39 is 0 Å². The van der Waals surface area contributed by atoms with Crippen molar-refractivity contribution in [2.45, 2.75) is 32.6 Å². The fourth-order valence-corrected chi connectivity index (χ4v) is 2.15. The third-order valence-corrected chi connectivity index (χ3v) is 3.06. The Kier molecular flexibility index (Phi) is 3.17. The number of hydrogen-bond acceptors (Lipinski definition) is 3. The smallest absolute Gasteiger partial charge is 0.222 e.